The minimum Gasteiger partial charge on any atom is -0.385 e. The lowest BCUT2D eigenvalue weighted by Gasteiger charge is -2.24. The van der Waals surface area contributed by atoms with Gasteiger partial charge in [-0.3, -0.25) is 9.48 Å². The fraction of sp³-hybridized carbons (Fsp3) is 0.524. The monoisotopic (exact) mass is 370 g/mol. The van der Waals surface area contributed by atoms with E-state index in [0.717, 1.165) is 50.9 Å². The lowest BCUT2D eigenvalue weighted by atomic mass is 10.1. The molecule has 1 aliphatic heterocycles. The van der Waals surface area contributed by atoms with Crippen LogP contribution >= 0.6 is 0 Å². The molecule has 0 aliphatic carbocycles. The Balaban J connectivity index is 1.68. The third kappa shape index (κ3) is 5.65. The number of ether oxygens (including phenoxy) is 1. The number of rotatable bonds is 9. The number of piperidine rings is 1. The number of nitrogens with zero attached hydrogens (tertiary/aromatic N) is 3. The molecule has 1 aromatic heterocycles. The number of methoxy groups -OCH3 is 1. The quantitative estimate of drug-likeness (QED) is 0.690. The molecule has 6 heteroatoms. The lowest BCUT2D eigenvalue weighted by molar-refractivity contribution is 0.0727. The van der Waals surface area contributed by atoms with E-state index in [-0.39, 0.29) is 5.91 Å². The van der Waals surface area contributed by atoms with Crippen molar-refractivity contribution in [2.45, 2.75) is 38.3 Å². The van der Waals surface area contributed by atoms with E-state index < -0.39 is 0 Å². The minimum absolute atomic E-state index is 0.00112. The first-order valence-electron chi connectivity index (χ1n) is 9.86. The third-order valence-corrected chi connectivity index (χ3v) is 5.00. The molecule has 1 unspecified atom stereocenters. The Labute approximate surface area is 161 Å². The summed E-state index contributed by atoms with van der Waals surface area (Å²) in [4.78, 5) is 15.0. The van der Waals surface area contributed by atoms with Gasteiger partial charge in [-0.15, -0.1) is 0 Å². The molecule has 1 N–H and O–H groups in total. The van der Waals surface area contributed by atoms with Gasteiger partial charge in [-0.2, -0.15) is 5.10 Å². The fourth-order valence-electron chi connectivity index (χ4n) is 3.48. The molecule has 1 atom stereocenters. The molecule has 0 radical (unpaired) electrons. The van der Waals surface area contributed by atoms with Crippen molar-refractivity contribution in [3.63, 3.8) is 0 Å². The smallest absolute Gasteiger partial charge is 0.274 e. The van der Waals surface area contributed by atoms with Crippen molar-refractivity contribution in [3.05, 3.63) is 53.9 Å². The van der Waals surface area contributed by atoms with Gasteiger partial charge in [-0.1, -0.05) is 30.3 Å². The highest BCUT2D eigenvalue weighted by atomic mass is 16.5. The molecule has 2 aromatic rings. The Morgan fingerprint density at radius 1 is 1.30 bits per heavy atom. The van der Waals surface area contributed by atoms with E-state index in [0.29, 0.717) is 24.8 Å². The normalized spacial score (nSPS) is 17.0. The maximum Gasteiger partial charge on any atom is 0.274 e. The number of carbonyl (C=O) groups excluding carboxylic acids is 1. The van der Waals surface area contributed by atoms with E-state index in [4.69, 9.17) is 4.74 Å². The standard InChI is InChI=1S/C21H30N4O2/c1-27-15-6-5-13-24(17-18-8-3-2-4-9-18)21(26)20-11-14-25(23-20)19-10-7-12-22-16-19/h2-4,8-9,11,14,19,22H,5-7,10,12-13,15-17H2,1H3. The molecule has 146 valence electrons. The Kier molecular flexibility index (Phi) is 7.42. The molecule has 1 aromatic carbocycles. The van der Waals surface area contributed by atoms with Crippen LogP contribution in [0.2, 0.25) is 0 Å². The van der Waals surface area contributed by atoms with Crippen LogP contribution in [0.15, 0.2) is 42.6 Å². The van der Waals surface area contributed by atoms with Crippen molar-refractivity contribution in [3.8, 4) is 0 Å². The predicted octanol–water partition coefficient (Wildman–Crippen LogP) is 2.88. The van der Waals surface area contributed by atoms with Crippen molar-refractivity contribution >= 4 is 5.91 Å². The van der Waals surface area contributed by atoms with Gasteiger partial charge in [0.1, 0.15) is 5.69 Å². The SMILES string of the molecule is COCCCCN(Cc1ccccc1)C(=O)c1ccn(C2CCCNC2)n1. The van der Waals surface area contributed by atoms with Crippen LogP contribution in [0, 0.1) is 0 Å². The molecular formula is C21H30N4O2. The molecule has 27 heavy (non-hydrogen) atoms. The van der Waals surface area contributed by atoms with Gasteiger partial charge in [0.15, 0.2) is 0 Å². The molecule has 0 saturated carbocycles. The maximum absolute atomic E-state index is 13.1. The van der Waals surface area contributed by atoms with Crippen LogP contribution in [-0.4, -0.2) is 53.9 Å². The number of amides is 1. The summed E-state index contributed by atoms with van der Waals surface area (Å²) in [5, 5.41) is 8.00. The zero-order valence-corrected chi connectivity index (χ0v) is 16.1. The predicted molar refractivity (Wildman–Crippen MR) is 106 cm³/mol. The second-order valence-corrected chi connectivity index (χ2v) is 7.09. The highest BCUT2D eigenvalue weighted by Crippen LogP contribution is 2.17. The molecular weight excluding hydrogens is 340 g/mol. The van der Waals surface area contributed by atoms with E-state index >= 15 is 0 Å². The number of hydrogen-bond acceptors (Lipinski definition) is 4. The molecule has 6 nitrogen and oxygen atoms in total. The molecule has 2 heterocycles. The molecule has 1 saturated heterocycles. The molecule has 1 fully saturated rings. The second kappa shape index (κ2) is 10.2. The molecule has 0 bridgehead atoms. The van der Waals surface area contributed by atoms with E-state index in [1.54, 1.807) is 7.11 Å². The second-order valence-electron chi connectivity index (χ2n) is 7.09. The highest BCUT2D eigenvalue weighted by molar-refractivity contribution is 5.92. The summed E-state index contributed by atoms with van der Waals surface area (Å²) >= 11 is 0. The Bertz CT molecular complexity index is 695. The Morgan fingerprint density at radius 2 is 2.15 bits per heavy atom. The van der Waals surface area contributed by atoms with Crippen LogP contribution in [0.25, 0.3) is 0 Å². The zero-order valence-electron chi connectivity index (χ0n) is 16.1. The van der Waals surface area contributed by atoms with E-state index in [1.165, 1.54) is 0 Å². The largest absolute Gasteiger partial charge is 0.385 e. The summed E-state index contributed by atoms with van der Waals surface area (Å²) in [6.07, 6.45) is 6.05. The average Bonchev–Trinajstić information content (AvgIpc) is 3.21. The number of nitrogens with one attached hydrogen (secondary N) is 1. The first kappa shape index (κ1) is 19.6. The molecule has 1 aliphatic rings. The first-order chi connectivity index (χ1) is 13.3. The summed E-state index contributed by atoms with van der Waals surface area (Å²) in [5.41, 5.74) is 1.66. The van der Waals surface area contributed by atoms with Gasteiger partial charge in [0, 0.05) is 39.5 Å². The number of hydrogen-bond donors (Lipinski definition) is 1. The summed E-state index contributed by atoms with van der Waals surface area (Å²) in [7, 11) is 1.71. The maximum atomic E-state index is 13.1. The molecule has 3 rings (SSSR count). The van der Waals surface area contributed by atoms with Crippen LogP contribution in [0.1, 0.15) is 47.8 Å². The highest BCUT2D eigenvalue weighted by Gasteiger charge is 2.21. The average molecular weight is 370 g/mol. The van der Waals surface area contributed by atoms with Crippen molar-refractivity contribution in [1.82, 2.24) is 20.0 Å². The van der Waals surface area contributed by atoms with Gasteiger partial charge < -0.3 is 15.0 Å². The number of unbranched alkanes of at least 4 members (excludes halogenated alkanes) is 1. The summed E-state index contributed by atoms with van der Waals surface area (Å²) in [5.74, 6) is -0.00112. The van der Waals surface area contributed by atoms with Gasteiger partial charge in [-0.25, -0.2) is 0 Å². The van der Waals surface area contributed by atoms with E-state index in [9.17, 15) is 4.79 Å². The van der Waals surface area contributed by atoms with Crippen LogP contribution in [-0.2, 0) is 11.3 Å². The summed E-state index contributed by atoms with van der Waals surface area (Å²) in [6, 6.07) is 12.3. The number of benzene rings is 1. The van der Waals surface area contributed by atoms with E-state index in [1.807, 2.05) is 40.0 Å². The Hall–Kier alpha value is -2.18. The zero-order chi connectivity index (χ0) is 18.9. The van der Waals surface area contributed by atoms with Crippen LogP contribution in [0.5, 0.6) is 0 Å². The van der Waals surface area contributed by atoms with Gasteiger partial charge in [0.05, 0.1) is 6.04 Å². The topological polar surface area (TPSA) is 59.4 Å². The van der Waals surface area contributed by atoms with Crippen molar-refractivity contribution < 1.29 is 9.53 Å². The van der Waals surface area contributed by atoms with Crippen molar-refractivity contribution in [2.24, 2.45) is 0 Å². The van der Waals surface area contributed by atoms with Crippen molar-refractivity contribution in [1.29, 1.82) is 0 Å². The van der Waals surface area contributed by atoms with Crippen LogP contribution in [0.4, 0.5) is 0 Å². The van der Waals surface area contributed by atoms with Gasteiger partial charge in [-0.05, 0) is 43.9 Å². The third-order valence-electron chi connectivity index (χ3n) is 5.00. The summed E-state index contributed by atoms with van der Waals surface area (Å²) in [6.45, 7) is 4.01. The van der Waals surface area contributed by atoms with Gasteiger partial charge in [0.25, 0.3) is 5.91 Å². The minimum atomic E-state index is -0.00112. The summed E-state index contributed by atoms with van der Waals surface area (Å²) < 4.78 is 7.08. The molecule has 1 amide bonds. The van der Waals surface area contributed by atoms with Gasteiger partial charge >= 0.3 is 0 Å². The van der Waals surface area contributed by atoms with E-state index in [2.05, 4.69) is 22.5 Å². The van der Waals surface area contributed by atoms with Gasteiger partial charge in [0.2, 0.25) is 0 Å². The van der Waals surface area contributed by atoms with Crippen LogP contribution in [0.3, 0.4) is 0 Å². The fourth-order valence-corrected chi connectivity index (χ4v) is 3.48. The Morgan fingerprint density at radius 3 is 2.89 bits per heavy atom. The number of carbonyl (C=O) groups is 1. The van der Waals surface area contributed by atoms with Crippen LogP contribution < -0.4 is 5.32 Å². The lowest BCUT2D eigenvalue weighted by Crippen LogP contribution is -2.33. The van der Waals surface area contributed by atoms with Crippen molar-refractivity contribution in [2.75, 3.05) is 33.4 Å². The number of aromatic nitrogens is 2. The first-order valence-corrected chi connectivity index (χ1v) is 9.86. The molecule has 0 spiro atoms.